The van der Waals surface area contributed by atoms with Gasteiger partial charge in [0.2, 0.25) is 0 Å². The third kappa shape index (κ3) is 3.38. The third-order valence-electron chi connectivity index (χ3n) is 2.85. The zero-order chi connectivity index (χ0) is 15.4. The van der Waals surface area contributed by atoms with Crippen molar-refractivity contribution in [1.29, 1.82) is 0 Å². The van der Waals surface area contributed by atoms with Crippen LogP contribution in [-0.2, 0) is 4.74 Å². The van der Waals surface area contributed by atoms with Crippen molar-refractivity contribution >= 4 is 11.7 Å². The number of carbonyl (C=O) groups excluding carboxylic acids is 1. The minimum atomic E-state index is -0.819. The molecule has 0 amide bonds. The number of halogens is 1. The normalized spacial score (nSPS) is 11.7. The zero-order valence-corrected chi connectivity index (χ0v) is 11.0. The largest absolute Gasteiger partial charge is 0.454 e. The molecule has 0 bridgehead atoms. The summed E-state index contributed by atoms with van der Waals surface area (Å²) in [6.07, 6.45) is 1.55. The van der Waals surface area contributed by atoms with Gasteiger partial charge in [0, 0.05) is 18.3 Å². The van der Waals surface area contributed by atoms with Crippen LogP contribution in [0.2, 0.25) is 0 Å². The second-order valence-electron chi connectivity index (χ2n) is 4.25. The van der Waals surface area contributed by atoms with Crippen LogP contribution in [0.3, 0.4) is 0 Å². The van der Waals surface area contributed by atoms with E-state index in [1.165, 1.54) is 36.5 Å². The van der Waals surface area contributed by atoms with Crippen molar-refractivity contribution in [1.82, 2.24) is 4.98 Å². The maximum absolute atomic E-state index is 13.4. The van der Waals surface area contributed by atoms with Crippen molar-refractivity contribution < 1.29 is 18.8 Å². The lowest BCUT2D eigenvalue weighted by atomic mass is 10.1. The van der Waals surface area contributed by atoms with Crippen LogP contribution in [0.25, 0.3) is 0 Å². The number of rotatable bonds is 4. The number of carbonyl (C=O) groups is 1. The lowest BCUT2D eigenvalue weighted by molar-refractivity contribution is -0.384. The molecule has 1 atom stereocenters. The first kappa shape index (κ1) is 14.6. The highest BCUT2D eigenvalue weighted by molar-refractivity contribution is 5.89. The van der Waals surface area contributed by atoms with Crippen LogP contribution < -0.4 is 0 Å². The monoisotopic (exact) mass is 290 g/mol. The van der Waals surface area contributed by atoms with Crippen molar-refractivity contribution in [3.63, 3.8) is 0 Å². The number of ether oxygens (including phenoxy) is 1. The Hall–Kier alpha value is -2.83. The van der Waals surface area contributed by atoms with Gasteiger partial charge in [0.05, 0.1) is 16.7 Å². The van der Waals surface area contributed by atoms with E-state index in [9.17, 15) is 19.3 Å². The molecule has 0 saturated carbocycles. The molecule has 0 unspecified atom stereocenters. The van der Waals surface area contributed by atoms with Gasteiger partial charge in [-0.15, -0.1) is 0 Å². The standard InChI is InChI=1S/C14H11FN2O4/c1-9(10-2-4-11(5-3-10)17(19)20)21-14(18)12-6-7-16-8-13(12)15/h2-9H,1H3/t9-/m1/s1. The molecule has 108 valence electrons. The Morgan fingerprint density at radius 3 is 2.57 bits per heavy atom. The first-order valence-electron chi connectivity index (χ1n) is 6.04. The van der Waals surface area contributed by atoms with Gasteiger partial charge < -0.3 is 4.74 Å². The van der Waals surface area contributed by atoms with Crippen LogP contribution in [0.1, 0.15) is 28.9 Å². The van der Waals surface area contributed by atoms with Gasteiger partial charge in [-0.1, -0.05) is 0 Å². The van der Waals surface area contributed by atoms with Crippen LogP contribution in [0, 0.1) is 15.9 Å². The number of esters is 1. The summed E-state index contributed by atoms with van der Waals surface area (Å²) < 4.78 is 18.5. The van der Waals surface area contributed by atoms with Gasteiger partial charge in [0.25, 0.3) is 5.69 Å². The van der Waals surface area contributed by atoms with Crippen molar-refractivity contribution in [2.45, 2.75) is 13.0 Å². The van der Waals surface area contributed by atoms with E-state index < -0.39 is 22.8 Å². The smallest absolute Gasteiger partial charge is 0.341 e. The molecule has 0 aliphatic carbocycles. The van der Waals surface area contributed by atoms with Gasteiger partial charge in [-0.25, -0.2) is 9.18 Å². The summed E-state index contributed by atoms with van der Waals surface area (Å²) in [6.45, 7) is 1.60. The Kier molecular flexibility index (Phi) is 4.22. The number of benzene rings is 1. The molecular formula is C14H11FN2O4. The molecule has 0 fully saturated rings. The Morgan fingerprint density at radius 1 is 1.33 bits per heavy atom. The molecule has 21 heavy (non-hydrogen) atoms. The summed E-state index contributed by atoms with van der Waals surface area (Å²) in [4.78, 5) is 25.4. The highest BCUT2D eigenvalue weighted by atomic mass is 19.1. The summed E-state index contributed by atoms with van der Waals surface area (Å²) in [5.74, 6) is -1.58. The number of nitro benzene ring substituents is 1. The summed E-state index contributed by atoms with van der Waals surface area (Å²) >= 11 is 0. The number of nitro groups is 1. The summed E-state index contributed by atoms with van der Waals surface area (Å²) in [6, 6.07) is 6.82. The topological polar surface area (TPSA) is 82.3 Å². The Balaban J connectivity index is 2.11. The number of non-ortho nitro benzene ring substituents is 1. The number of nitrogens with zero attached hydrogens (tertiary/aromatic N) is 2. The summed E-state index contributed by atoms with van der Waals surface area (Å²) in [7, 11) is 0. The molecule has 6 nitrogen and oxygen atoms in total. The van der Waals surface area contributed by atoms with Gasteiger partial charge in [-0.3, -0.25) is 15.1 Å². The molecule has 1 aromatic heterocycles. The maximum atomic E-state index is 13.4. The average molecular weight is 290 g/mol. The molecule has 0 aliphatic heterocycles. The molecule has 1 heterocycles. The molecular weight excluding hydrogens is 279 g/mol. The number of hydrogen-bond donors (Lipinski definition) is 0. The lowest BCUT2D eigenvalue weighted by Gasteiger charge is -2.13. The number of hydrogen-bond acceptors (Lipinski definition) is 5. The Bertz CT molecular complexity index is 673. The zero-order valence-electron chi connectivity index (χ0n) is 11.0. The fourth-order valence-corrected chi connectivity index (χ4v) is 1.70. The Labute approximate surface area is 119 Å². The van der Waals surface area contributed by atoms with Crippen molar-refractivity contribution in [3.05, 3.63) is 69.8 Å². The van der Waals surface area contributed by atoms with E-state index in [1.54, 1.807) is 6.92 Å². The van der Waals surface area contributed by atoms with Crippen LogP contribution in [0.15, 0.2) is 42.7 Å². The highest BCUT2D eigenvalue weighted by Gasteiger charge is 2.17. The molecule has 1 aromatic carbocycles. The molecule has 0 N–H and O–H groups in total. The quantitative estimate of drug-likeness (QED) is 0.491. The lowest BCUT2D eigenvalue weighted by Crippen LogP contribution is -2.11. The van der Waals surface area contributed by atoms with E-state index in [0.29, 0.717) is 5.56 Å². The van der Waals surface area contributed by atoms with Crippen molar-refractivity contribution in [3.8, 4) is 0 Å². The van der Waals surface area contributed by atoms with E-state index in [-0.39, 0.29) is 11.3 Å². The molecule has 7 heteroatoms. The predicted octanol–water partition coefficient (Wildman–Crippen LogP) is 3.05. The van der Waals surface area contributed by atoms with Gasteiger partial charge >= 0.3 is 5.97 Å². The van der Waals surface area contributed by atoms with E-state index in [1.807, 2.05) is 0 Å². The summed E-state index contributed by atoms with van der Waals surface area (Å²) in [5.41, 5.74) is 0.305. The molecule has 0 spiro atoms. The fraction of sp³-hybridized carbons (Fsp3) is 0.143. The molecule has 0 radical (unpaired) electrons. The van der Waals surface area contributed by atoms with Gasteiger partial charge in [0.15, 0.2) is 5.82 Å². The van der Waals surface area contributed by atoms with Crippen molar-refractivity contribution in [2.75, 3.05) is 0 Å². The summed E-state index contributed by atoms with van der Waals surface area (Å²) in [5, 5.41) is 10.6. The minimum Gasteiger partial charge on any atom is -0.454 e. The van der Waals surface area contributed by atoms with Crippen LogP contribution in [0.5, 0.6) is 0 Å². The van der Waals surface area contributed by atoms with Gasteiger partial charge in [-0.05, 0) is 30.7 Å². The second kappa shape index (κ2) is 6.08. The average Bonchev–Trinajstić information content (AvgIpc) is 2.47. The van der Waals surface area contributed by atoms with Gasteiger partial charge in [-0.2, -0.15) is 0 Å². The van der Waals surface area contributed by atoms with E-state index in [0.717, 1.165) is 6.20 Å². The Morgan fingerprint density at radius 2 is 2.00 bits per heavy atom. The third-order valence-corrected chi connectivity index (χ3v) is 2.85. The first-order chi connectivity index (χ1) is 9.99. The van der Waals surface area contributed by atoms with Gasteiger partial charge in [0.1, 0.15) is 6.10 Å². The first-order valence-corrected chi connectivity index (χ1v) is 6.04. The molecule has 0 aliphatic rings. The van der Waals surface area contributed by atoms with Crippen molar-refractivity contribution in [2.24, 2.45) is 0 Å². The molecule has 2 rings (SSSR count). The fourth-order valence-electron chi connectivity index (χ4n) is 1.70. The predicted molar refractivity (Wildman–Crippen MR) is 71.1 cm³/mol. The number of pyridine rings is 1. The maximum Gasteiger partial charge on any atom is 0.341 e. The van der Waals surface area contributed by atoms with E-state index in [2.05, 4.69) is 4.98 Å². The van der Waals surface area contributed by atoms with Crippen LogP contribution >= 0.6 is 0 Å². The van der Waals surface area contributed by atoms with Crippen LogP contribution in [-0.4, -0.2) is 15.9 Å². The van der Waals surface area contributed by atoms with Crippen LogP contribution in [0.4, 0.5) is 10.1 Å². The number of aromatic nitrogens is 1. The van der Waals surface area contributed by atoms with E-state index >= 15 is 0 Å². The minimum absolute atomic E-state index is 0.0579. The molecule has 2 aromatic rings. The van der Waals surface area contributed by atoms with E-state index in [4.69, 9.17) is 4.74 Å². The highest BCUT2D eigenvalue weighted by Crippen LogP contribution is 2.21. The second-order valence-corrected chi connectivity index (χ2v) is 4.25. The molecule has 0 saturated heterocycles. The SMILES string of the molecule is C[C@@H](OC(=O)c1ccncc1F)c1ccc([N+](=O)[O-])cc1.